The molecule has 0 spiro atoms. The number of hydrogen-bond donors (Lipinski definition) is 0. The Kier molecular flexibility index (Phi) is 4.61. The highest BCUT2D eigenvalue weighted by Gasteiger charge is 2.17. The molecule has 134 valence electrons. The average molecular weight is 360 g/mol. The second kappa shape index (κ2) is 7.37. The van der Waals surface area contributed by atoms with Crippen molar-refractivity contribution in [1.29, 1.82) is 0 Å². The smallest absolute Gasteiger partial charge is 0.170 e. The van der Waals surface area contributed by atoms with Gasteiger partial charge >= 0.3 is 0 Å². The van der Waals surface area contributed by atoms with E-state index in [1.807, 2.05) is 47.9 Å². The molecular weight excluding hydrogens is 343 g/mol. The maximum atomic E-state index is 13.4. The van der Waals surface area contributed by atoms with Crippen LogP contribution in [0, 0.1) is 5.82 Å². The van der Waals surface area contributed by atoms with Crippen LogP contribution < -0.4 is 4.74 Å². The molecule has 0 radical (unpaired) electrons. The summed E-state index contributed by atoms with van der Waals surface area (Å²) in [6.45, 7) is 2.55. The van der Waals surface area contributed by atoms with Crippen molar-refractivity contribution in [2.45, 2.75) is 6.92 Å². The topological polar surface area (TPSA) is 52.8 Å². The van der Waals surface area contributed by atoms with Crippen LogP contribution >= 0.6 is 0 Å². The van der Waals surface area contributed by atoms with Crippen LogP contribution in [-0.4, -0.2) is 26.4 Å². The van der Waals surface area contributed by atoms with Crippen LogP contribution in [0.2, 0.25) is 0 Å². The molecule has 0 unspecified atom stereocenters. The fourth-order valence-electron chi connectivity index (χ4n) is 2.85. The van der Waals surface area contributed by atoms with Crippen LogP contribution in [0.5, 0.6) is 5.75 Å². The van der Waals surface area contributed by atoms with Gasteiger partial charge in [-0.3, -0.25) is 9.55 Å². The molecule has 0 amide bonds. The number of nitrogens with zero attached hydrogens (tertiary/aromatic N) is 4. The molecule has 0 N–H and O–H groups in total. The Balaban J connectivity index is 1.87. The predicted octanol–water partition coefficient (Wildman–Crippen LogP) is 4.53. The molecular formula is C21H17FN4O. The van der Waals surface area contributed by atoms with Crippen molar-refractivity contribution >= 4 is 0 Å². The second-order valence-electron chi connectivity index (χ2n) is 5.86. The Labute approximate surface area is 156 Å². The summed E-state index contributed by atoms with van der Waals surface area (Å²) in [7, 11) is 0. The number of rotatable bonds is 5. The van der Waals surface area contributed by atoms with E-state index in [1.165, 1.54) is 12.1 Å². The van der Waals surface area contributed by atoms with E-state index in [2.05, 4.69) is 15.2 Å². The van der Waals surface area contributed by atoms with Gasteiger partial charge in [0.1, 0.15) is 11.6 Å². The monoisotopic (exact) mass is 360 g/mol. The van der Waals surface area contributed by atoms with Crippen LogP contribution in [0.4, 0.5) is 4.39 Å². The predicted molar refractivity (Wildman–Crippen MR) is 101 cm³/mol. The Bertz CT molecular complexity index is 1030. The Morgan fingerprint density at radius 3 is 2.22 bits per heavy atom. The maximum absolute atomic E-state index is 13.4. The van der Waals surface area contributed by atoms with Gasteiger partial charge < -0.3 is 4.74 Å². The van der Waals surface area contributed by atoms with E-state index >= 15 is 0 Å². The molecule has 0 saturated carbocycles. The first-order valence-electron chi connectivity index (χ1n) is 8.61. The summed E-state index contributed by atoms with van der Waals surface area (Å²) in [5.41, 5.74) is 2.47. The molecule has 0 atom stereocenters. The fourth-order valence-corrected chi connectivity index (χ4v) is 2.85. The molecule has 6 heteroatoms. The van der Waals surface area contributed by atoms with Crippen LogP contribution in [0.3, 0.4) is 0 Å². The van der Waals surface area contributed by atoms with E-state index in [-0.39, 0.29) is 5.82 Å². The molecule has 2 aromatic heterocycles. The standard InChI is InChI=1S/C21H17FN4O/c1-2-27-19-11-5-15(6-12-19)20-24-25-21(16-4-3-13-23-14-16)26(20)18-9-7-17(22)8-10-18/h3-14H,2H2,1H3. The number of aromatic nitrogens is 4. The molecule has 2 heterocycles. The second-order valence-corrected chi connectivity index (χ2v) is 5.86. The number of hydrogen-bond acceptors (Lipinski definition) is 4. The first-order valence-corrected chi connectivity index (χ1v) is 8.61. The van der Waals surface area contributed by atoms with Gasteiger partial charge in [0.15, 0.2) is 11.6 Å². The molecule has 0 aliphatic heterocycles. The molecule has 4 rings (SSSR count). The lowest BCUT2D eigenvalue weighted by atomic mass is 10.2. The highest BCUT2D eigenvalue weighted by molar-refractivity contribution is 5.66. The lowest BCUT2D eigenvalue weighted by Crippen LogP contribution is -2.01. The van der Waals surface area contributed by atoms with Gasteiger partial charge in [0.05, 0.1) is 6.61 Å². The zero-order valence-electron chi connectivity index (χ0n) is 14.7. The zero-order valence-corrected chi connectivity index (χ0v) is 14.7. The summed E-state index contributed by atoms with van der Waals surface area (Å²) in [6, 6.07) is 17.7. The number of halogens is 1. The summed E-state index contributed by atoms with van der Waals surface area (Å²) >= 11 is 0. The van der Waals surface area contributed by atoms with Gasteiger partial charge in [0.25, 0.3) is 0 Å². The summed E-state index contributed by atoms with van der Waals surface area (Å²) in [4.78, 5) is 4.17. The molecule has 0 aliphatic carbocycles. The molecule has 0 fully saturated rings. The van der Waals surface area contributed by atoms with Gasteiger partial charge in [-0.2, -0.15) is 0 Å². The van der Waals surface area contributed by atoms with Crippen LogP contribution in [0.1, 0.15) is 6.92 Å². The molecule has 27 heavy (non-hydrogen) atoms. The summed E-state index contributed by atoms with van der Waals surface area (Å²) in [6.07, 6.45) is 3.43. The molecule has 5 nitrogen and oxygen atoms in total. The van der Waals surface area contributed by atoms with Crippen molar-refractivity contribution in [3.8, 4) is 34.2 Å². The quantitative estimate of drug-likeness (QED) is 0.524. The zero-order chi connectivity index (χ0) is 18.6. The lowest BCUT2D eigenvalue weighted by molar-refractivity contribution is 0.340. The number of ether oxygens (including phenoxy) is 1. The molecule has 0 bridgehead atoms. The summed E-state index contributed by atoms with van der Waals surface area (Å²) in [5.74, 6) is 1.79. The van der Waals surface area contributed by atoms with Gasteiger partial charge in [-0.15, -0.1) is 10.2 Å². The van der Waals surface area contributed by atoms with Gasteiger partial charge in [0, 0.05) is 29.2 Å². The van der Waals surface area contributed by atoms with Gasteiger partial charge in [0.2, 0.25) is 0 Å². The van der Waals surface area contributed by atoms with Gasteiger partial charge in [-0.05, 0) is 67.6 Å². The molecule has 0 saturated heterocycles. The highest BCUT2D eigenvalue weighted by Crippen LogP contribution is 2.29. The average Bonchev–Trinajstić information content (AvgIpc) is 3.15. The third kappa shape index (κ3) is 3.42. The van der Waals surface area contributed by atoms with Crippen molar-refractivity contribution < 1.29 is 9.13 Å². The number of pyridine rings is 1. The van der Waals surface area contributed by atoms with Crippen molar-refractivity contribution in [3.05, 3.63) is 78.9 Å². The van der Waals surface area contributed by atoms with E-state index in [1.54, 1.807) is 24.5 Å². The third-order valence-electron chi connectivity index (χ3n) is 4.09. The first kappa shape index (κ1) is 16.9. The Hall–Kier alpha value is -3.54. The van der Waals surface area contributed by atoms with Crippen molar-refractivity contribution in [1.82, 2.24) is 19.7 Å². The minimum absolute atomic E-state index is 0.294. The van der Waals surface area contributed by atoms with E-state index in [4.69, 9.17) is 4.74 Å². The Morgan fingerprint density at radius 1 is 0.889 bits per heavy atom. The van der Waals surface area contributed by atoms with Crippen LogP contribution in [-0.2, 0) is 0 Å². The summed E-state index contributed by atoms with van der Waals surface area (Å²) < 4.78 is 20.8. The van der Waals surface area contributed by atoms with E-state index < -0.39 is 0 Å². The van der Waals surface area contributed by atoms with Crippen LogP contribution in [0.15, 0.2) is 73.1 Å². The highest BCUT2D eigenvalue weighted by atomic mass is 19.1. The SMILES string of the molecule is CCOc1ccc(-c2nnc(-c3cccnc3)n2-c2ccc(F)cc2)cc1. The molecule has 4 aromatic rings. The van der Waals surface area contributed by atoms with Crippen LogP contribution in [0.25, 0.3) is 28.5 Å². The summed E-state index contributed by atoms with van der Waals surface area (Å²) in [5, 5.41) is 8.76. The largest absolute Gasteiger partial charge is 0.494 e. The fraction of sp³-hybridized carbons (Fsp3) is 0.0952. The van der Waals surface area contributed by atoms with E-state index in [0.717, 1.165) is 22.6 Å². The minimum atomic E-state index is -0.294. The van der Waals surface area contributed by atoms with E-state index in [9.17, 15) is 4.39 Å². The first-order chi connectivity index (χ1) is 13.3. The van der Waals surface area contributed by atoms with E-state index in [0.29, 0.717) is 18.3 Å². The molecule has 0 aliphatic rings. The maximum Gasteiger partial charge on any atom is 0.170 e. The third-order valence-corrected chi connectivity index (χ3v) is 4.09. The van der Waals surface area contributed by atoms with Crippen molar-refractivity contribution in [2.24, 2.45) is 0 Å². The molecule has 2 aromatic carbocycles. The van der Waals surface area contributed by atoms with Gasteiger partial charge in [-0.1, -0.05) is 0 Å². The number of benzene rings is 2. The minimum Gasteiger partial charge on any atom is -0.494 e. The van der Waals surface area contributed by atoms with Crippen molar-refractivity contribution in [2.75, 3.05) is 6.61 Å². The lowest BCUT2D eigenvalue weighted by Gasteiger charge is -2.11. The van der Waals surface area contributed by atoms with Crippen molar-refractivity contribution in [3.63, 3.8) is 0 Å². The van der Waals surface area contributed by atoms with Gasteiger partial charge in [-0.25, -0.2) is 4.39 Å². The Morgan fingerprint density at radius 2 is 1.59 bits per heavy atom. The normalized spacial score (nSPS) is 10.7.